The van der Waals surface area contributed by atoms with Gasteiger partial charge in [0.2, 0.25) is 0 Å². The van der Waals surface area contributed by atoms with Crippen molar-refractivity contribution in [3.63, 3.8) is 0 Å². The summed E-state index contributed by atoms with van der Waals surface area (Å²) < 4.78 is 14.1. The van der Waals surface area contributed by atoms with Crippen molar-refractivity contribution in [1.29, 1.82) is 0 Å². The number of halogens is 3. The Balaban J connectivity index is 0. The summed E-state index contributed by atoms with van der Waals surface area (Å²) >= 11 is 9.31. The molecule has 0 aromatic carbocycles. The van der Waals surface area contributed by atoms with Gasteiger partial charge in [0.1, 0.15) is 0 Å². The van der Waals surface area contributed by atoms with Crippen molar-refractivity contribution in [3.05, 3.63) is 0 Å². The van der Waals surface area contributed by atoms with Crippen LogP contribution in [0.3, 0.4) is 0 Å². The van der Waals surface area contributed by atoms with Crippen molar-refractivity contribution in [2.45, 2.75) is 0 Å². The summed E-state index contributed by atoms with van der Waals surface area (Å²) in [5.41, 5.74) is 0. The second-order valence-electron chi connectivity index (χ2n) is 1.24. The van der Waals surface area contributed by atoms with E-state index in [0.717, 1.165) is 0 Å². The molecular weight excluding hydrogens is 345 g/mol. The highest BCUT2D eigenvalue weighted by Gasteiger charge is 2.12. The molecule has 0 saturated heterocycles. The van der Waals surface area contributed by atoms with Crippen LogP contribution in [0.25, 0.3) is 0 Å². The maximum Gasteiger partial charge on any atom is 0.638 e. The fourth-order valence-electron chi connectivity index (χ4n) is 0.289. The van der Waals surface area contributed by atoms with Crippen LogP contribution in [0.1, 0.15) is 0 Å². The Labute approximate surface area is 92.7 Å². The molecule has 0 atom stereocenters. The Kier molecular flexibility index (Phi) is 15.6. The van der Waals surface area contributed by atoms with E-state index in [-0.39, 0.29) is 3.18 Å². The van der Waals surface area contributed by atoms with Crippen molar-refractivity contribution < 1.29 is 14.0 Å². The molecule has 0 aromatic rings. The molecule has 66 valence electrons. The fraction of sp³-hybridized carbons (Fsp3) is 1.00. The molecule has 0 fully saturated rings. The van der Waals surface area contributed by atoms with Crippen LogP contribution in [0.4, 0.5) is 0 Å². The van der Waals surface area contributed by atoms with Gasteiger partial charge in [0.15, 0.2) is 0 Å². The van der Waals surface area contributed by atoms with Crippen LogP contribution in [-0.2, 0) is 14.0 Å². The maximum absolute atomic E-state index is 4.60. The zero-order valence-electron chi connectivity index (χ0n) is 6.51. The smallest absolute Gasteiger partial charge is 0.389 e. The van der Waals surface area contributed by atoms with Gasteiger partial charge < -0.3 is 14.0 Å². The van der Waals surface area contributed by atoms with Crippen molar-refractivity contribution in [1.82, 2.24) is 0 Å². The van der Waals surface area contributed by atoms with E-state index in [4.69, 9.17) is 0 Å². The second kappa shape index (κ2) is 11.4. The third-order valence-electron chi connectivity index (χ3n) is 0.577. The van der Waals surface area contributed by atoms with Gasteiger partial charge in [0.25, 0.3) is 0 Å². The number of rotatable bonds is 3. The number of hydrogen-bond acceptors (Lipinski definition) is 3. The topological polar surface area (TPSA) is 27.7 Å². The van der Waals surface area contributed by atoms with E-state index < -0.39 is 7.32 Å². The lowest BCUT2D eigenvalue weighted by Crippen LogP contribution is -2.21. The van der Waals surface area contributed by atoms with E-state index >= 15 is 0 Å². The summed E-state index contributed by atoms with van der Waals surface area (Å²) in [5, 5.41) is 0. The van der Waals surface area contributed by atoms with Gasteiger partial charge in [-0.15, -0.1) is 47.3 Å². The highest BCUT2D eigenvalue weighted by atomic mass is 79.9. The van der Waals surface area contributed by atoms with Crippen molar-refractivity contribution >= 4 is 57.8 Å². The second-order valence-corrected chi connectivity index (χ2v) is 7.68. The summed E-state index contributed by atoms with van der Waals surface area (Å²) in [5.74, 6) is 0. The van der Waals surface area contributed by atoms with E-state index in [1.807, 2.05) is 0 Å². The Morgan fingerprint density at radius 3 is 1.00 bits per heavy atom. The molecular formula is C3H9B2Br3O3. The minimum Gasteiger partial charge on any atom is -0.389 e. The highest BCUT2D eigenvalue weighted by molar-refractivity contribution is 9.69. The summed E-state index contributed by atoms with van der Waals surface area (Å²) in [4.78, 5) is 0. The molecule has 0 aromatic heterocycles. The van der Waals surface area contributed by atoms with E-state index in [1.165, 1.54) is 21.3 Å². The van der Waals surface area contributed by atoms with Gasteiger partial charge in [-0.05, 0) is 0 Å². The first-order valence-electron chi connectivity index (χ1n) is 2.59. The van der Waals surface area contributed by atoms with Crippen LogP contribution in [0.5, 0.6) is 0 Å². The molecule has 0 N–H and O–H groups in total. The van der Waals surface area contributed by atoms with Gasteiger partial charge in [-0.2, -0.15) is 0 Å². The van der Waals surface area contributed by atoms with Crippen LogP contribution in [-0.4, -0.2) is 31.8 Å². The molecule has 0 bridgehead atoms. The summed E-state index contributed by atoms with van der Waals surface area (Å²) in [6.07, 6.45) is 0. The molecule has 0 rings (SSSR count). The van der Waals surface area contributed by atoms with Gasteiger partial charge in [0.05, 0.1) is 0 Å². The van der Waals surface area contributed by atoms with Crippen LogP contribution >= 0.6 is 47.3 Å². The lowest BCUT2D eigenvalue weighted by molar-refractivity contribution is 0.163. The van der Waals surface area contributed by atoms with Crippen LogP contribution < -0.4 is 0 Å². The summed E-state index contributed by atoms with van der Waals surface area (Å²) in [6.45, 7) is 0. The zero-order valence-corrected chi connectivity index (χ0v) is 11.3. The van der Waals surface area contributed by atoms with E-state index in [2.05, 4.69) is 61.2 Å². The summed E-state index contributed by atoms with van der Waals surface area (Å²) in [7, 11) is 4.02. The standard InChI is InChI=1S/C3H9BO3.BBr3/c1-5-4(6-2)7-3;2-1(3)4/h1-3H3;. The first-order chi connectivity index (χ1) is 5.08. The average molecular weight is 354 g/mol. The molecule has 11 heavy (non-hydrogen) atoms. The Morgan fingerprint density at radius 2 is 1.00 bits per heavy atom. The predicted octanol–water partition coefficient (Wildman–Crippen LogP) is 2.07. The monoisotopic (exact) mass is 352 g/mol. The molecule has 0 aliphatic rings. The van der Waals surface area contributed by atoms with Gasteiger partial charge in [0, 0.05) is 21.3 Å². The van der Waals surface area contributed by atoms with Crippen molar-refractivity contribution in [2.75, 3.05) is 21.3 Å². The molecule has 0 aliphatic carbocycles. The largest absolute Gasteiger partial charge is 0.638 e. The molecule has 8 heteroatoms. The van der Waals surface area contributed by atoms with E-state index in [1.54, 1.807) is 0 Å². The van der Waals surface area contributed by atoms with Crippen molar-refractivity contribution in [3.8, 4) is 0 Å². The van der Waals surface area contributed by atoms with E-state index in [0.29, 0.717) is 0 Å². The molecule has 0 spiro atoms. The van der Waals surface area contributed by atoms with Crippen LogP contribution in [0, 0.1) is 0 Å². The SMILES string of the molecule is BrB(Br)Br.COB(OC)OC. The minimum atomic E-state index is -0.514. The first kappa shape index (κ1) is 14.9. The predicted molar refractivity (Wildman–Crippen MR) is 59.3 cm³/mol. The third kappa shape index (κ3) is 18.4. The van der Waals surface area contributed by atoms with Gasteiger partial charge >= 0.3 is 10.5 Å². The zero-order chi connectivity index (χ0) is 9.28. The molecule has 3 nitrogen and oxygen atoms in total. The normalized spacial score (nSPS) is 8.18. The molecule has 0 unspecified atom stereocenters. The highest BCUT2D eigenvalue weighted by Crippen LogP contribution is 2.07. The Bertz CT molecular complexity index is 64.6. The molecule has 0 amide bonds. The first-order valence-corrected chi connectivity index (χ1v) is 5.33. The van der Waals surface area contributed by atoms with E-state index in [9.17, 15) is 0 Å². The third-order valence-corrected chi connectivity index (χ3v) is 0.577. The molecule has 0 radical (unpaired) electrons. The fourth-order valence-corrected chi connectivity index (χ4v) is 0.289. The lowest BCUT2D eigenvalue weighted by atomic mass is 10.2. The summed E-state index contributed by atoms with van der Waals surface area (Å²) in [6, 6.07) is 0. The minimum absolute atomic E-state index is 0.271. The lowest BCUT2D eigenvalue weighted by Gasteiger charge is -2.01. The Hall–Kier alpha value is 1.45. The average Bonchev–Trinajstić information content (AvgIpc) is 1.90. The Morgan fingerprint density at radius 1 is 0.818 bits per heavy atom. The molecule has 0 saturated carbocycles. The molecule has 0 aliphatic heterocycles. The van der Waals surface area contributed by atoms with Gasteiger partial charge in [-0.25, -0.2) is 0 Å². The number of hydrogen-bond donors (Lipinski definition) is 0. The molecule has 0 heterocycles. The quantitative estimate of drug-likeness (QED) is 0.726. The maximum atomic E-state index is 4.60. The van der Waals surface area contributed by atoms with Crippen LogP contribution in [0.2, 0.25) is 0 Å². The van der Waals surface area contributed by atoms with Gasteiger partial charge in [-0.3, -0.25) is 0 Å². The van der Waals surface area contributed by atoms with Gasteiger partial charge in [-0.1, -0.05) is 0 Å². The van der Waals surface area contributed by atoms with Crippen molar-refractivity contribution in [2.24, 2.45) is 0 Å². The van der Waals surface area contributed by atoms with Crippen LogP contribution in [0.15, 0.2) is 0 Å².